The van der Waals surface area contributed by atoms with Crippen molar-refractivity contribution in [2.24, 2.45) is 0 Å². The average Bonchev–Trinajstić information content (AvgIpc) is 3.33. The molecule has 1 fully saturated rings. The van der Waals surface area contributed by atoms with Crippen LogP contribution in [0.4, 0.5) is 5.82 Å². The van der Waals surface area contributed by atoms with Gasteiger partial charge in [-0.2, -0.15) is 0 Å². The lowest BCUT2D eigenvalue weighted by Crippen LogP contribution is -2.37. The van der Waals surface area contributed by atoms with Crippen molar-refractivity contribution < 1.29 is 14.3 Å². The summed E-state index contributed by atoms with van der Waals surface area (Å²) >= 11 is 1.44. The van der Waals surface area contributed by atoms with E-state index in [-0.39, 0.29) is 5.91 Å². The van der Waals surface area contributed by atoms with Crippen LogP contribution in [0.3, 0.4) is 0 Å². The molecule has 0 saturated carbocycles. The third kappa shape index (κ3) is 4.68. The highest BCUT2D eigenvalue weighted by molar-refractivity contribution is 7.17. The van der Waals surface area contributed by atoms with E-state index < -0.39 is 0 Å². The molecule has 1 saturated heterocycles. The molecule has 0 spiro atoms. The van der Waals surface area contributed by atoms with Gasteiger partial charge in [0.1, 0.15) is 22.1 Å². The Labute approximate surface area is 200 Å². The molecule has 1 amide bonds. The topological polar surface area (TPSA) is 102 Å². The molecule has 4 aromatic heterocycles. The molecule has 10 heteroatoms. The number of fused-ring (bicyclic) bond motifs is 1. The van der Waals surface area contributed by atoms with Gasteiger partial charge >= 0.3 is 0 Å². The van der Waals surface area contributed by atoms with Gasteiger partial charge < -0.3 is 19.7 Å². The van der Waals surface area contributed by atoms with Crippen molar-refractivity contribution in [1.82, 2.24) is 25.3 Å². The summed E-state index contributed by atoms with van der Waals surface area (Å²) in [6, 6.07) is 7.58. The van der Waals surface area contributed by atoms with E-state index in [2.05, 4.69) is 20.2 Å². The summed E-state index contributed by atoms with van der Waals surface area (Å²) in [4.78, 5) is 34.3. The predicted octanol–water partition coefficient (Wildman–Crippen LogP) is 2.97. The number of rotatable bonds is 7. The fourth-order valence-electron chi connectivity index (χ4n) is 3.83. The second-order valence-electron chi connectivity index (χ2n) is 7.75. The molecule has 1 N–H and O–H groups in total. The molecule has 0 unspecified atom stereocenters. The number of nitrogens with zero attached hydrogens (tertiary/aromatic N) is 5. The maximum absolute atomic E-state index is 13.2. The summed E-state index contributed by atoms with van der Waals surface area (Å²) in [5.41, 5.74) is 2.27. The van der Waals surface area contributed by atoms with Crippen LogP contribution < -0.4 is 15.0 Å². The van der Waals surface area contributed by atoms with Crippen molar-refractivity contribution in [3.05, 3.63) is 59.4 Å². The first-order chi connectivity index (χ1) is 16.7. The first-order valence-electron chi connectivity index (χ1n) is 11.0. The van der Waals surface area contributed by atoms with Crippen LogP contribution in [0.1, 0.15) is 15.9 Å². The number of carbonyl (C=O) groups excluding carboxylic acids is 1. The SMILES string of the molecule is COc1cncc(CCNC(=O)c2csc3nc(-c4ccccn4)nc(N4CCOCC4)c23)c1. The first kappa shape index (κ1) is 22.2. The van der Waals surface area contributed by atoms with E-state index in [4.69, 9.17) is 19.4 Å². The maximum atomic E-state index is 13.2. The molecule has 5 rings (SSSR count). The second-order valence-corrected chi connectivity index (χ2v) is 8.61. The van der Waals surface area contributed by atoms with Crippen LogP contribution in [0.15, 0.2) is 48.2 Å². The van der Waals surface area contributed by atoms with Crippen molar-refractivity contribution in [1.29, 1.82) is 0 Å². The van der Waals surface area contributed by atoms with Gasteiger partial charge in [-0.05, 0) is 30.2 Å². The number of ether oxygens (including phenoxy) is 2. The summed E-state index contributed by atoms with van der Waals surface area (Å²) in [6.45, 7) is 3.11. The normalized spacial score (nSPS) is 13.7. The molecular weight excluding hydrogens is 452 g/mol. The third-order valence-electron chi connectivity index (χ3n) is 5.57. The van der Waals surface area contributed by atoms with Gasteiger partial charge in [0.05, 0.1) is 37.5 Å². The van der Waals surface area contributed by atoms with E-state index in [1.54, 1.807) is 25.7 Å². The molecule has 174 valence electrons. The van der Waals surface area contributed by atoms with Crippen molar-refractivity contribution in [2.45, 2.75) is 6.42 Å². The Hall–Kier alpha value is -3.63. The largest absolute Gasteiger partial charge is 0.495 e. The number of thiophene rings is 1. The number of morpholine rings is 1. The minimum atomic E-state index is -0.147. The first-order valence-corrected chi connectivity index (χ1v) is 11.9. The molecule has 5 heterocycles. The van der Waals surface area contributed by atoms with E-state index >= 15 is 0 Å². The quantitative estimate of drug-likeness (QED) is 0.434. The van der Waals surface area contributed by atoms with Crippen LogP contribution >= 0.6 is 11.3 Å². The Kier molecular flexibility index (Phi) is 6.59. The fourth-order valence-corrected chi connectivity index (χ4v) is 4.74. The van der Waals surface area contributed by atoms with Gasteiger partial charge in [0.25, 0.3) is 5.91 Å². The molecule has 0 bridgehead atoms. The van der Waals surface area contributed by atoms with Gasteiger partial charge in [-0.3, -0.25) is 14.8 Å². The van der Waals surface area contributed by atoms with Crippen molar-refractivity contribution >= 4 is 33.3 Å². The zero-order valence-corrected chi connectivity index (χ0v) is 19.5. The highest BCUT2D eigenvalue weighted by Gasteiger charge is 2.24. The molecule has 0 aromatic carbocycles. The number of methoxy groups -OCH3 is 1. The summed E-state index contributed by atoms with van der Waals surface area (Å²) < 4.78 is 10.8. The Morgan fingerprint density at radius 3 is 2.91 bits per heavy atom. The molecule has 0 atom stereocenters. The van der Waals surface area contributed by atoms with Gasteiger partial charge in [0.2, 0.25) is 0 Å². The number of anilines is 1. The van der Waals surface area contributed by atoms with Gasteiger partial charge in [-0.1, -0.05) is 6.07 Å². The van der Waals surface area contributed by atoms with Gasteiger partial charge in [-0.15, -0.1) is 11.3 Å². The number of amides is 1. The molecule has 1 aliphatic rings. The van der Waals surface area contributed by atoms with E-state index in [1.165, 1.54) is 11.3 Å². The van der Waals surface area contributed by atoms with Crippen LogP contribution in [-0.4, -0.2) is 65.8 Å². The third-order valence-corrected chi connectivity index (χ3v) is 6.44. The number of hydrogen-bond acceptors (Lipinski definition) is 9. The van der Waals surface area contributed by atoms with E-state index in [0.717, 1.165) is 21.6 Å². The van der Waals surface area contributed by atoms with Crippen LogP contribution in [0.25, 0.3) is 21.7 Å². The Bertz CT molecular complexity index is 1290. The fraction of sp³-hybridized carbons (Fsp3) is 0.292. The minimum Gasteiger partial charge on any atom is -0.495 e. The molecular formula is C24H24N6O3S. The van der Waals surface area contributed by atoms with E-state index in [1.807, 2.05) is 29.6 Å². The number of carbonyl (C=O) groups is 1. The second kappa shape index (κ2) is 10.1. The van der Waals surface area contributed by atoms with E-state index in [9.17, 15) is 4.79 Å². The summed E-state index contributed by atoms with van der Waals surface area (Å²) in [5, 5.41) is 5.65. The van der Waals surface area contributed by atoms with Gasteiger partial charge in [0.15, 0.2) is 5.82 Å². The standard InChI is InChI=1S/C24H24N6O3S/c1-32-17-12-16(13-25-14-17)5-7-27-23(31)18-15-34-24-20(18)22(30-8-10-33-11-9-30)28-21(29-24)19-4-2-3-6-26-19/h2-4,6,12-15H,5,7-11H2,1H3,(H,27,31). The Balaban J connectivity index is 1.43. The molecule has 9 nitrogen and oxygen atoms in total. The molecule has 1 aliphatic heterocycles. The van der Waals surface area contributed by atoms with Crippen molar-refractivity contribution in [2.75, 3.05) is 44.9 Å². The number of nitrogens with one attached hydrogen (secondary N) is 1. The highest BCUT2D eigenvalue weighted by atomic mass is 32.1. The summed E-state index contributed by atoms with van der Waals surface area (Å²) in [7, 11) is 1.61. The Morgan fingerprint density at radius 2 is 2.12 bits per heavy atom. The lowest BCUT2D eigenvalue weighted by Gasteiger charge is -2.28. The molecule has 0 aliphatic carbocycles. The minimum absolute atomic E-state index is 0.147. The lowest BCUT2D eigenvalue weighted by atomic mass is 10.1. The average molecular weight is 477 g/mol. The zero-order valence-electron chi connectivity index (χ0n) is 18.7. The van der Waals surface area contributed by atoms with Gasteiger partial charge in [0, 0.05) is 37.4 Å². The monoisotopic (exact) mass is 476 g/mol. The van der Waals surface area contributed by atoms with Crippen LogP contribution in [-0.2, 0) is 11.2 Å². The summed E-state index contributed by atoms with van der Waals surface area (Å²) in [5.74, 6) is 1.85. The van der Waals surface area contributed by atoms with Crippen molar-refractivity contribution in [3.63, 3.8) is 0 Å². The van der Waals surface area contributed by atoms with E-state index in [0.29, 0.717) is 62.1 Å². The zero-order chi connectivity index (χ0) is 23.3. The number of hydrogen-bond donors (Lipinski definition) is 1. The van der Waals surface area contributed by atoms with Crippen LogP contribution in [0.5, 0.6) is 5.75 Å². The maximum Gasteiger partial charge on any atom is 0.252 e. The van der Waals surface area contributed by atoms with Crippen LogP contribution in [0, 0.1) is 0 Å². The van der Waals surface area contributed by atoms with Crippen LogP contribution in [0.2, 0.25) is 0 Å². The molecule has 4 aromatic rings. The predicted molar refractivity (Wildman–Crippen MR) is 131 cm³/mol. The Morgan fingerprint density at radius 1 is 1.24 bits per heavy atom. The van der Waals surface area contributed by atoms with Gasteiger partial charge in [-0.25, -0.2) is 9.97 Å². The molecule has 0 radical (unpaired) electrons. The smallest absolute Gasteiger partial charge is 0.252 e. The highest BCUT2D eigenvalue weighted by Crippen LogP contribution is 2.34. The van der Waals surface area contributed by atoms with Crippen molar-refractivity contribution in [3.8, 4) is 17.3 Å². The lowest BCUT2D eigenvalue weighted by molar-refractivity contribution is 0.0956. The number of pyridine rings is 2. The molecule has 34 heavy (non-hydrogen) atoms. The summed E-state index contributed by atoms with van der Waals surface area (Å²) in [6.07, 6.45) is 5.81. The number of aromatic nitrogens is 4.